The van der Waals surface area contributed by atoms with Crippen LogP contribution in [0.2, 0.25) is 0 Å². The first-order valence-electron chi connectivity index (χ1n) is 6.78. The number of nitrogens with one attached hydrogen (secondary N) is 1. The monoisotopic (exact) mass is 224 g/mol. The number of rotatable bonds is 4. The van der Waals surface area contributed by atoms with Gasteiger partial charge in [0.1, 0.15) is 0 Å². The molecule has 1 aliphatic carbocycles. The third kappa shape index (κ3) is 2.24. The number of hydrogen-bond donors (Lipinski definition) is 1. The van der Waals surface area contributed by atoms with E-state index in [1.165, 1.54) is 25.7 Å². The molecule has 0 aromatic heterocycles. The van der Waals surface area contributed by atoms with Crippen molar-refractivity contribution in [2.24, 2.45) is 5.92 Å². The molecule has 1 amide bonds. The topological polar surface area (TPSA) is 32.3 Å². The van der Waals surface area contributed by atoms with Gasteiger partial charge in [-0.15, -0.1) is 0 Å². The Kier molecular flexibility index (Phi) is 3.85. The van der Waals surface area contributed by atoms with Crippen LogP contribution in [-0.4, -0.2) is 29.6 Å². The Hall–Kier alpha value is -0.570. The summed E-state index contributed by atoms with van der Waals surface area (Å²) in [6.45, 7) is 4.93. The van der Waals surface area contributed by atoms with Crippen molar-refractivity contribution >= 4 is 5.91 Å². The van der Waals surface area contributed by atoms with Crippen LogP contribution in [0.15, 0.2) is 0 Å². The van der Waals surface area contributed by atoms with Gasteiger partial charge in [0, 0.05) is 6.04 Å². The Morgan fingerprint density at radius 1 is 1.44 bits per heavy atom. The number of carbonyl (C=O) groups excluding carboxylic acids is 1. The van der Waals surface area contributed by atoms with E-state index in [1.807, 2.05) is 0 Å². The van der Waals surface area contributed by atoms with Gasteiger partial charge >= 0.3 is 0 Å². The maximum atomic E-state index is 11.9. The summed E-state index contributed by atoms with van der Waals surface area (Å²) in [5.74, 6) is 1.00. The maximum absolute atomic E-state index is 11.9. The fourth-order valence-electron chi connectivity index (χ4n) is 3.28. The van der Waals surface area contributed by atoms with Crippen LogP contribution in [0.3, 0.4) is 0 Å². The second kappa shape index (κ2) is 5.17. The smallest absolute Gasteiger partial charge is 0.238 e. The first-order chi connectivity index (χ1) is 7.74. The third-order valence-corrected chi connectivity index (χ3v) is 4.08. The summed E-state index contributed by atoms with van der Waals surface area (Å²) in [5, 5.41) is 3.41. The van der Waals surface area contributed by atoms with Crippen LogP contribution >= 0.6 is 0 Å². The zero-order chi connectivity index (χ0) is 11.5. The largest absolute Gasteiger partial charge is 0.323 e. The van der Waals surface area contributed by atoms with Crippen LogP contribution in [0.1, 0.15) is 52.4 Å². The van der Waals surface area contributed by atoms with Crippen LogP contribution < -0.4 is 5.32 Å². The lowest BCUT2D eigenvalue weighted by Crippen LogP contribution is -2.47. The SMILES string of the molecule is CCCC(C)N1C(=O)CNC1C1CCCC1. The number of carbonyl (C=O) groups is 1. The molecular weight excluding hydrogens is 200 g/mol. The zero-order valence-corrected chi connectivity index (χ0v) is 10.5. The summed E-state index contributed by atoms with van der Waals surface area (Å²) in [7, 11) is 0. The summed E-state index contributed by atoms with van der Waals surface area (Å²) >= 11 is 0. The van der Waals surface area contributed by atoms with Crippen LogP contribution in [-0.2, 0) is 4.79 Å². The quantitative estimate of drug-likeness (QED) is 0.793. The van der Waals surface area contributed by atoms with Gasteiger partial charge in [0.05, 0.1) is 12.7 Å². The van der Waals surface area contributed by atoms with Gasteiger partial charge in [0.15, 0.2) is 0 Å². The molecule has 1 aliphatic heterocycles. The number of amides is 1. The van der Waals surface area contributed by atoms with Gasteiger partial charge in [-0.3, -0.25) is 10.1 Å². The van der Waals surface area contributed by atoms with E-state index in [1.54, 1.807) is 0 Å². The highest BCUT2D eigenvalue weighted by molar-refractivity contribution is 5.81. The lowest BCUT2D eigenvalue weighted by molar-refractivity contribution is -0.130. The van der Waals surface area contributed by atoms with Crippen LogP contribution in [0, 0.1) is 5.92 Å². The first kappa shape index (κ1) is 11.9. The minimum absolute atomic E-state index is 0.304. The predicted molar refractivity (Wildman–Crippen MR) is 65.0 cm³/mol. The van der Waals surface area contributed by atoms with Gasteiger partial charge in [0.25, 0.3) is 0 Å². The van der Waals surface area contributed by atoms with E-state index in [0.717, 1.165) is 12.8 Å². The highest BCUT2D eigenvalue weighted by Gasteiger charge is 2.39. The second-order valence-corrected chi connectivity index (χ2v) is 5.31. The predicted octanol–water partition coefficient (Wildman–Crippen LogP) is 2.12. The minimum atomic E-state index is 0.304. The number of hydrogen-bond acceptors (Lipinski definition) is 2. The maximum Gasteiger partial charge on any atom is 0.238 e. The molecule has 0 aromatic rings. The van der Waals surface area contributed by atoms with E-state index in [9.17, 15) is 4.79 Å². The molecule has 1 saturated heterocycles. The zero-order valence-electron chi connectivity index (χ0n) is 10.5. The summed E-state index contributed by atoms with van der Waals surface area (Å²) < 4.78 is 0. The molecule has 0 bridgehead atoms. The summed E-state index contributed by atoms with van der Waals surface area (Å²) in [5.41, 5.74) is 0. The van der Waals surface area contributed by atoms with Crippen molar-refractivity contribution in [2.45, 2.75) is 64.6 Å². The molecule has 1 N–H and O–H groups in total. The molecule has 0 radical (unpaired) electrons. The lowest BCUT2D eigenvalue weighted by atomic mass is 10.0. The second-order valence-electron chi connectivity index (χ2n) is 5.31. The normalized spacial score (nSPS) is 29.0. The van der Waals surface area contributed by atoms with E-state index < -0.39 is 0 Å². The summed E-state index contributed by atoms with van der Waals surface area (Å²) in [4.78, 5) is 14.0. The fraction of sp³-hybridized carbons (Fsp3) is 0.923. The Bertz CT molecular complexity index is 248. The molecule has 2 fully saturated rings. The Balaban J connectivity index is 2.02. The van der Waals surface area contributed by atoms with Gasteiger partial charge in [-0.05, 0) is 32.1 Å². The van der Waals surface area contributed by atoms with Crippen molar-refractivity contribution < 1.29 is 4.79 Å². The van der Waals surface area contributed by atoms with Crippen molar-refractivity contribution in [3.8, 4) is 0 Å². The number of nitrogens with zero attached hydrogens (tertiary/aromatic N) is 1. The van der Waals surface area contributed by atoms with E-state index in [0.29, 0.717) is 30.6 Å². The van der Waals surface area contributed by atoms with Gasteiger partial charge < -0.3 is 4.90 Å². The van der Waals surface area contributed by atoms with Crippen molar-refractivity contribution in [3.63, 3.8) is 0 Å². The van der Waals surface area contributed by atoms with Crippen molar-refractivity contribution in [3.05, 3.63) is 0 Å². The summed E-state index contributed by atoms with van der Waals surface area (Å²) in [6.07, 6.45) is 7.87. The van der Waals surface area contributed by atoms with Crippen molar-refractivity contribution in [2.75, 3.05) is 6.54 Å². The van der Waals surface area contributed by atoms with Gasteiger partial charge in [0.2, 0.25) is 5.91 Å². The van der Waals surface area contributed by atoms with Gasteiger partial charge in [-0.25, -0.2) is 0 Å². The van der Waals surface area contributed by atoms with Crippen LogP contribution in [0.5, 0.6) is 0 Å². The molecule has 1 heterocycles. The van der Waals surface area contributed by atoms with E-state index >= 15 is 0 Å². The molecular formula is C13H24N2O. The highest BCUT2D eigenvalue weighted by Crippen LogP contribution is 2.32. The molecule has 92 valence electrons. The standard InChI is InChI=1S/C13H24N2O/c1-3-6-10(2)15-12(16)9-14-13(15)11-7-4-5-8-11/h10-11,13-14H,3-9H2,1-2H3. The molecule has 0 spiro atoms. The first-order valence-corrected chi connectivity index (χ1v) is 6.78. The minimum Gasteiger partial charge on any atom is -0.323 e. The van der Waals surface area contributed by atoms with E-state index in [-0.39, 0.29) is 0 Å². The molecule has 0 aromatic carbocycles. The fourth-order valence-corrected chi connectivity index (χ4v) is 3.28. The van der Waals surface area contributed by atoms with Crippen LogP contribution in [0.4, 0.5) is 0 Å². The van der Waals surface area contributed by atoms with Crippen molar-refractivity contribution in [1.29, 1.82) is 0 Å². The lowest BCUT2D eigenvalue weighted by Gasteiger charge is -2.33. The Morgan fingerprint density at radius 3 is 2.75 bits per heavy atom. The van der Waals surface area contributed by atoms with Crippen molar-refractivity contribution in [1.82, 2.24) is 10.2 Å². The average Bonchev–Trinajstić information content (AvgIpc) is 2.86. The third-order valence-electron chi connectivity index (χ3n) is 4.08. The molecule has 2 unspecified atom stereocenters. The molecule has 1 saturated carbocycles. The van der Waals surface area contributed by atoms with Gasteiger partial charge in [-0.2, -0.15) is 0 Å². The van der Waals surface area contributed by atoms with E-state index in [4.69, 9.17) is 0 Å². The average molecular weight is 224 g/mol. The summed E-state index contributed by atoms with van der Waals surface area (Å²) in [6, 6.07) is 0.401. The molecule has 3 heteroatoms. The Labute approximate surface area is 98.6 Å². The molecule has 2 atom stereocenters. The molecule has 2 aliphatic rings. The van der Waals surface area contributed by atoms with Gasteiger partial charge in [-0.1, -0.05) is 26.2 Å². The molecule has 16 heavy (non-hydrogen) atoms. The molecule has 2 rings (SSSR count). The van der Waals surface area contributed by atoms with Crippen LogP contribution in [0.25, 0.3) is 0 Å². The Morgan fingerprint density at radius 2 is 2.12 bits per heavy atom. The van der Waals surface area contributed by atoms with E-state index in [2.05, 4.69) is 24.1 Å². The molecule has 3 nitrogen and oxygen atoms in total. The highest BCUT2D eigenvalue weighted by atomic mass is 16.2.